The lowest BCUT2D eigenvalue weighted by Crippen LogP contribution is -2.17. The predicted octanol–water partition coefficient (Wildman–Crippen LogP) is 4.68. The maximum atomic E-state index is 6.42. The number of ether oxygens (including phenoxy) is 2. The van der Waals surface area contributed by atoms with Gasteiger partial charge in [0.05, 0.1) is 18.7 Å². The second-order valence-corrected chi connectivity index (χ2v) is 8.18. The molecular formula is C22H24BBrO2. The molecule has 0 bridgehead atoms. The lowest BCUT2D eigenvalue weighted by Gasteiger charge is -2.29. The molecule has 2 aliphatic carbocycles. The van der Waals surface area contributed by atoms with Gasteiger partial charge in [-0.3, -0.25) is 0 Å². The van der Waals surface area contributed by atoms with Crippen LogP contribution < -0.4 is 14.9 Å². The van der Waals surface area contributed by atoms with E-state index in [0.717, 1.165) is 47.1 Å². The van der Waals surface area contributed by atoms with Gasteiger partial charge in [-0.1, -0.05) is 11.5 Å². The van der Waals surface area contributed by atoms with E-state index in [-0.39, 0.29) is 0 Å². The Hall–Kier alpha value is -1.42. The van der Waals surface area contributed by atoms with Crippen molar-refractivity contribution in [2.45, 2.75) is 51.4 Å². The fourth-order valence-corrected chi connectivity index (χ4v) is 5.34. The van der Waals surface area contributed by atoms with Crippen molar-refractivity contribution in [2.24, 2.45) is 0 Å². The first kappa shape index (κ1) is 18.0. The molecule has 2 radical (unpaired) electrons. The Bertz CT molecular complexity index is 789. The number of hydrogen-bond donors (Lipinski definition) is 0. The molecule has 4 heteroatoms. The summed E-state index contributed by atoms with van der Waals surface area (Å²) in [4.78, 5) is 0. The summed E-state index contributed by atoms with van der Waals surface area (Å²) in [7, 11) is 9.90. The average Bonchev–Trinajstić information content (AvgIpc) is 2.66. The zero-order valence-corrected chi connectivity index (χ0v) is 17.2. The van der Waals surface area contributed by atoms with E-state index in [1.54, 1.807) is 14.2 Å². The summed E-state index contributed by atoms with van der Waals surface area (Å²) in [6.07, 6.45) is 9.28. The van der Waals surface area contributed by atoms with Crippen molar-refractivity contribution in [2.75, 3.05) is 14.2 Å². The number of rotatable bonds is 3. The summed E-state index contributed by atoms with van der Waals surface area (Å²) in [5.74, 6) is 1.71. The van der Waals surface area contributed by atoms with Crippen LogP contribution in [0.2, 0.25) is 0 Å². The fraction of sp³-hybridized carbons (Fsp3) is 0.455. The monoisotopic (exact) mass is 410 g/mol. The normalized spacial score (nSPS) is 16.0. The smallest absolute Gasteiger partial charge is 0.141 e. The Kier molecular flexibility index (Phi) is 5.05. The number of benzene rings is 2. The maximum absolute atomic E-state index is 6.42. The number of aryl methyl sites for hydroxylation is 2. The standard InChI is InChI=1S/C22H24BBrO2/c1-25-21-17(23)11-13-7-3-5-9-15(13)19(21)20-16-10-6-4-8-14(16)12-18(24)22(20)26-2/h11-12H,3-10H2,1-2H3. The third-order valence-electron chi connectivity index (χ3n) is 5.85. The minimum absolute atomic E-state index is 0.731. The molecule has 0 heterocycles. The van der Waals surface area contributed by atoms with Crippen molar-refractivity contribution in [3.63, 3.8) is 0 Å². The number of fused-ring (bicyclic) bond motifs is 2. The van der Waals surface area contributed by atoms with E-state index >= 15 is 0 Å². The van der Waals surface area contributed by atoms with Gasteiger partial charge in [0.15, 0.2) is 0 Å². The SMILES string of the molecule is [B]c1cc2c(c(-c3c4c(cc(Br)c3OC)CCCC4)c1OC)CCCC2. The predicted molar refractivity (Wildman–Crippen MR) is 111 cm³/mol. The van der Waals surface area contributed by atoms with E-state index in [1.807, 2.05) is 0 Å². The molecule has 0 atom stereocenters. The zero-order valence-electron chi connectivity index (χ0n) is 15.6. The zero-order chi connectivity index (χ0) is 18.3. The van der Waals surface area contributed by atoms with Gasteiger partial charge >= 0.3 is 0 Å². The molecule has 0 amide bonds. The van der Waals surface area contributed by atoms with Gasteiger partial charge in [-0.05, 0) is 95.6 Å². The van der Waals surface area contributed by atoms with E-state index < -0.39 is 0 Å². The van der Waals surface area contributed by atoms with Crippen LogP contribution in [0.4, 0.5) is 0 Å². The van der Waals surface area contributed by atoms with Crippen LogP contribution in [0.3, 0.4) is 0 Å². The molecule has 0 N–H and O–H groups in total. The molecule has 2 aliphatic rings. The Morgan fingerprint density at radius 2 is 1.27 bits per heavy atom. The minimum Gasteiger partial charge on any atom is -0.497 e. The van der Waals surface area contributed by atoms with Gasteiger partial charge in [-0.25, -0.2) is 0 Å². The van der Waals surface area contributed by atoms with Gasteiger partial charge in [0, 0.05) is 11.1 Å². The van der Waals surface area contributed by atoms with Gasteiger partial charge < -0.3 is 9.47 Å². The molecule has 2 aromatic carbocycles. The molecule has 2 nitrogen and oxygen atoms in total. The van der Waals surface area contributed by atoms with Crippen molar-refractivity contribution < 1.29 is 9.47 Å². The molecule has 134 valence electrons. The second kappa shape index (κ2) is 7.30. The lowest BCUT2D eigenvalue weighted by atomic mass is 9.76. The summed E-state index contributed by atoms with van der Waals surface area (Å²) in [6.45, 7) is 0. The van der Waals surface area contributed by atoms with Crippen molar-refractivity contribution >= 4 is 29.2 Å². The Morgan fingerprint density at radius 1 is 0.769 bits per heavy atom. The van der Waals surface area contributed by atoms with Crippen molar-refractivity contribution in [3.8, 4) is 22.6 Å². The van der Waals surface area contributed by atoms with Crippen molar-refractivity contribution in [1.29, 1.82) is 0 Å². The van der Waals surface area contributed by atoms with Crippen LogP contribution in [-0.2, 0) is 25.7 Å². The van der Waals surface area contributed by atoms with Crippen LogP contribution in [-0.4, -0.2) is 22.1 Å². The quantitative estimate of drug-likeness (QED) is 0.683. The molecule has 0 saturated carbocycles. The highest BCUT2D eigenvalue weighted by Gasteiger charge is 2.28. The summed E-state index contributed by atoms with van der Waals surface area (Å²) in [5, 5.41) is 0. The van der Waals surface area contributed by atoms with Crippen LogP contribution in [0.5, 0.6) is 11.5 Å². The topological polar surface area (TPSA) is 18.5 Å². The summed E-state index contributed by atoms with van der Waals surface area (Å²) < 4.78 is 12.7. The van der Waals surface area contributed by atoms with Gasteiger partial charge in [-0.15, -0.1) is 0 Å². The molecule has 0 fully saturated rings. The highest BCUT2D eigenvalue weighted by Crippen LogP contribution is 2.48. The third-order valence-corrected chi connectivity index (χ3v) is 6.44. The van der Waals surface area contributed by atoms with E-state index in [1.165, 1.54) is 59.1 Å². The van der Waals surface area contributed by atoms with Crippen LogP contribution in [0, 0.1) is 0 Å². The highest BCUT2D eigenvalue weighted by atomic mass is 79.9. The maximum Gasteiger partial charge on any atom is 0.141 e. The van der Waals surface area contributed by atoms with Crippen molar-refractivity contribution in [1.82, 2.24) is 0 Å². The number of methoxy groups -OCH3 is 2. The molecule has 0 aromatic heterocycles. The average molecular weight is 411 g/mol. The molecule has 0 spiro atoms. The van der Waals surface area contributed by atoms with Gasteiger partial charge in [0.25, 0.3) is 0 Å². The molecule has 4 rings (SSSR count). The van der Waals surface area contributed by atoms with E-state index in [0.29, 0.717) is 0 Å². The Balaban J connectivity index is 2.10. The van der Waals surface area contributed by atoms with Gasteiger partial charge in [-0.2, -0.15) is 0 Å². The van der Waals surface area contributed by atoms with E-state index in [4.69, 9.17) is 17.3 Å². The summed E-state index contributed by atoms with van der Waals surface area (Å²) >= 11 is 3.75. The molecule has 2 aromatic rings. The second-order valence-electron chi connectivity index (χ2n) is 7.33. The van der Waals surface area contributed by atoms with Crippen LogP contribution >= 0.6 is 15.9 Å². The minimum atomic E-state index is 0.731. The highest BCUT2D eigenvalue weighted by molar-refractivity contribution is 9.10. The first-order valence-electron chi connectivity index (χ1n) is 9.52. The van der Waals surface area contributed by atoms with E-state index in [9.17, 15) is 0 Å². The Morgan fingerprint density at radius 3 is 1.85 bits per heavy atom. The lowest BCUT2D eigenvalue weighted by molar-refractivity contribution is 0.408. The Labute approximate surface area is 165 Å². The summed E-state index contributed by atoms with van der Waals surface area (Å²) in [6, 6.07) is 4.36. The van der Waals surface area contributed by atoms with Crippen LogP contribution in [0.15, 0.2) is 16.6 Å². The van der Waals surface area contributed by atoms with Gasteiger partial charge in [0.2, 0.25) is 0 Å². The molecule has 26 heavy (non-hydrogen) atoms. The number of halogens is 1. The first-order chi connectivity index (χ1) is 12.7. The van der Waals surface area contributed by atoms with Crippen molar-refractivity contribution in [3.05, 3.63) is 38.9 Å². The fourth-order valence-electron chi connectivity index (χ4n) is 4.70. The molecule has 0 unspecified atom stereocenters. The molecule has 0 saturated heterocycles. The number of hydrogen-bond acceptors (Lipinski definition) is 2. The first-order valence-corrected chi connectivity index (χ1v) is 10.3. The molecular weight excluding hydrogens is 387 g/mol. The largest absolute Gasteiger partial charge is 0.497 e. The third kappa shape index (κ3) is 2.87. The van der Waals surface area contributed by atoms with E-state index in [2.05, 4.69) is 28.1 Å². The molecule has 0 aliphatic heterocycles. The van der Waals surface area contributed by atoms with Crippen LogP contribution in [0.1, 0.15) is 47.9 Å². The summed E-state index contributed by atoms with van der Waals surface area (Å²) in [5.41, 5.74) is 8.69. The van der Waals surface area contributed by atoms with Gasteiger partial charge in [0.1, 0.15) is 19.3 Å². The van der Waals surface area contributed by atoms with Crippen LogP contribution in [0.25, 0.3) is 11.1 Å².